The zero-order valence-electron chi connectivity index (χ0n) is 18.7. The summed E-state index contributed by atoms with van der Waals surface area (Å²) < 4.78 is 7.78. The van der Waals surface area contributed by atoms with E-state index < -0.39 is 0 Å². The summed E-state index contributed by atoms with van der Waals surface area (Å²) in [5.41, 5.74) is 4.52. The molecule has 6 rings (SSSR count). The average molecular weight is 670 g/mol. The number of nitrogens with zero attached hydrogens (tertiary/aromatic N) is 2. The van der Waals surface area contributed by atoms with Crippen LogP contribution >= 0.6 is 47.8 Å². The molecule has 10 heteroatoms. The van der Waals surface area contributed by atoms with Crippen molar-refractivity contribution < 1.29 is 9.68 Å². The van der Waals surface area contributed by atoms with Crippen LogP contribution in [0.25, 0.3) is 32.9 Å². The van der Waals surface area contributed by atoms with Gasteiger partial charge in [0, 0.05) is 72.6 Å². The molecule has 4 aromatic heterocycles. The van der Waals surface area contributed by atoms with E-state index in [0.29, 0.717) is 13.4 Å². The van der Waals surface area contributed by atoms with Gasteiger partial charge in [0.2, 0.25) is 0 Å². The fraction of sp³-hybridized carbons (Fsp3) is 0. The third-order valence-electron chi connectivity index (χ3n) is 4.98. The van der Waals surface area contributed by atoms with Crippen LogP contribution in [0.5, 0.6) is 5.75 Å². The summed E-state index contributed by atoms with van der Waals surface area (Å²) >= 11 is 9.97. The van der Waals surface area contributed by atoms with E-state index >= 15 is 0 Å². The van der Waals surface area contributed by atoms with Crippen molar-refractivity contribution >= 4 is 77.3 Å². The molecule has 6 nitrogen and oxygen atoms in total. The number of benzene rings is 2. The van der Waals surface area contributed by atoms with E-state index in [1.807, 2.05) is 42.9 Å². The highest BCUT2D eigenvalue weighted by molar-refractivity contribution is 9.11. The third-order valence-corrected chi connectivity index (χ3v) is 6.28. The molecule has 0 bridgehead atoms. The summed E-state index contributed by atoms with van der Waals surface area (Å²) in [5, 5.41) is 10.7. The van der Waals surface area contributed by atoms with Gasteiger partial charge in [0.15, 0.2) is 0 Å². The summed E-state index contributed by atoms with van der Waals surface area (Å²) in [6.07, 6.45) is 11.0. The molecule has 179 valence electrons. The molecule has 36 heavy (non-hydrogen) atoms. The first-order valence-electron chi connectivity index (χ1n) is 10.7. The van der Waals surface area contributed by atoms with Crippen LogP contribution in [-0.4, -0.2) is 32.6 Å². The largest absolute Gasteiger partial charge is 0.569 e. The zero-order valence-corrected chi connectivity index (χ0v) is 23.5. The van der Waals surface area contributed by atoms with Crippen molar-refractivity contribution in [2.45, 2.75) is 0 Å². The molecule has 0 spiro atoms. The predicted octanol–water partition coefficient (Wildman–Crippen LogP) is 7.67. The molecule has 0 aliphatic carbocycles. The molecule has 0 fully saturated rings. The number of aromatic nitrogens is 4. The lowest BCUT2D eigenvalue weighted by molar-refractivity contribution is 0.454. The number of H-pyrrole nitrogens is 2. The van der Waals surface area contributed by atoms with Crippen molar-refractivity contribution in [3.05, 3.63) is 111 Å². The molecule has 0 aliphatic heterocycles. The lowest BCUT2D eigenvalue weighted by atomic mass is 10.1. The van der Waals surface area contributed by atoms with Crippen molar-refractivity contribution in [1.82, 2.24) is 19.9 Å². The van der Waals surface area contributed by atoms with Gasteiger partial charge in [-0.15, -0.1) is 0 Å². The van der Waals surface area contributed by atoms with Crippen LogP contribution in [0.2, 0.25) is 0 Å². The van der Waals surface area contributed by atoms with Gasteiger partial charge in [-0.25, -0.2) is 0 Å². The quantitative estimate of drug-likeness (QED) is 0.169. The average Bonchev–Trinajstić information content (AvgIpc) is 3.53. The van der Waals surface area contributed by atoms with Crippen LogP contribution in [0.4, 0.5) is 0 Å². The zero-order chi connectivity index (χ0) is 25.3. The minimum absolute atomic E-state index is 0.629. The van der Waals surface area contributed by atoms with Gasteiger partial charge in [0.1, 0.15) is 5.75 Å². The van der Waals surface area contributed by atoms with E-state index in [9.17, 15) is 0 Å². The maximum atomic E-state index is 8.39. The number of halogens is 3. The van der Waals surface area contributed by atoms with Crippen LogP contribution in [0.3, 0.4) is 0 Å². The Morgan fingerprint density at radius 2 is 1.22 bits per heavy atom. The Balaban J connectivity index is 0.000000135. The van der Waals surface area contributed by atoms with E-state index in [2.05, 4.69) is 98.1 Å². The van der Waals surface area contributed by atoms with E-state index in [-0.39, 0.29) is 0 Å². The van der Waals surface area contributed by atoms with Gasteiger partial charge in [-0.1, -0.05) is 6.07 Å². The molecule has 0 saturated heterocycles. The highest BCUT2D eigenvalue weighted by atomic mass is 79.9. The molecule has 2 aromatic carbocycles. The van der Waals surface area contributed by atoms with Crippen LogP contribution in [0.15, 0.2) is 111 Å². The highest BCUT2D eigenvalue weighted by Crippen LogP contribution is 2.25. The van der Waals surface area contributed by atoms with Crippen molar-refractivity contribution in [2.24, 2.45) is 0 Å². The van der Waals surface area contributed by atoms with Gasteiger partial charge in [-0.2, -0.15) is 0 Å². The van der Waals surface area contributed by atoms with E-state index in [0.717, 1.165) is 35.4 Å². The molecule has 0 saturated carbocycles. The van der Waals surface area contributed by atoms with Crippen molar-refractivity contribution in [3.8, 4) is 16.9 Å². The Bertz CT molecular complexity index is 1550. The minimum Gasteiger partial charge on any atom is -0.537 e. The number of pyridine rings is 2. The van der Waals surface area contributed by atoms with Crippen LogP contribution in [0.1, 0.15) is 0 Å². The third kappa shape index (κ3) is 7.30. The topological polar surface area (TPSA) is 86.8 Å². The molecular formula is C26H19BBr3N4O2. The van der Waals surface area contributed by atoms with Gasteiger partial charge in [-0.3, -0.25) is 9.97 Å². The van der Waals surface area contributed by atoms with Crippen molar-refractivity contribution in [2.75, 3.05) is 0 Å². The first-order chi connectivity index (χ1) is 17.5. The van der Waals surface area contributed by atoms with Crippen LogP contribution in [-0.2, 0) is 0 Å². The monoisotopic (exact) mass is 667 g/mol. The van der Waals surface area contributed by atoms with E-state index in [1.165, 1.54) is 10.9 Å². The lowest BCUT2D eigenvalue weighted by Crippen LogP contribution is -1.98. The SMILES string of the molecule is Brc1cncc(-c2ccc3[nH]ccc3c2)c1.Brc1cncc(Br)c1.O[B]Oc1ccc2[nH]ccc2c1. The minimum atomic E-state index is 0.629. The van der Waals surface area contributed by atoms with Crippen LogP contribution in [0, 0.1) is 0 Å². The molecule has 1 radical (unpaired) electrons. The first-order valence-corrected chi connectivity index (χ1v) is 13.0. The molecule has 0 aliphatic rings. The molecular weight excluding hydrogens is 651 g/mol. The Hall–Kier alpha value is -2.92. The maximum absolute atomic E-state index is 8.39. The Labute approximate surface area is 233 Å². The number of fused-ring (bicyclic) bond motifs is 2. The van der Waals surface area contributed by atoms with Crippen LogP contribution < -0.4 is 4.65 Å². The molecule has 4 heterocycles. The summed E-state index contributed by atoms with van der Waals surface area (Å²) in [7, 11) is 0.674. The van der Waals surface area contributed by atoms with E-state index in [1.54, 1.807) is 24.7 Å². The number of rotatable bonds is 3. The Kier molecular flexibility index (Phi) is 9.35. The first kappa shape index (κ1) is 26.2. The fourth-order valence-electron chi connectivity index (χ4n) is 3.35. The second kappa shape index (κ2) is 12.9. The van der Waals surface area contributed by atoms with Gasteiger partial charge >= 0.3 is 7.69 Å². The second-order valence-electron chi connectivity index (χ2n) is 7.44. The van der Waals surface area contributed by atoms with Crippen molar-refractivity contribution in [3.63, 3.8) is 0 Å². The Morgan fingerprint density at radius 3 is 1.81 bits per heavy atom. The molecule has 6 aromatic rings. The number of aromatic amines is 2. The lowest BCUT2D eigenvalue weighted by Gasteiger charge is -2.01. The molecule has 0 unspecified atom stereocenters. The highest BCUT2D eigenvalue weighted by Gasteiger charge is 2.01. The van der Waals surface area contributed by atoms with Gasteiger partial charge < -0.3 is 19.6 Å². The Morgan fingerprint density at radius 1 is 0.639 bits per heavy atom. The van der Waals surface area contributed by atoms with E-state index in [4.69, 9.17) is 9.68 Å². The fourth-order valence-corrected chi connectivity index (χ4v) is 4.76. The summed E-state index contributed by atoms with van der Waals surface area (Å²) in [6, 6.07) is 19.9. The van der Waals surface area contributed by atoms with Gasteiger partial charge in [0.25, 0.3) is 0 Å². The number of nitrogens with one attached hydrogen (secondary N) is 2. The molecule has 3 N–H and O–H groups in total. The van der Waals surface area contributed by atoms with Crippen molar-refractivity contribution in [1.29, 1.82) is 0 Å². The maximum Gasteiger partial charge on any atom is 0.569 e. The summed E-state index contributed by atoms with van der Waals surface area (Å²) in [4.78, 5) is 14.3. The number of hydrogen-bond donors (Lipinski definition) is 3. The smallest absolute Gasteiger partial charge is 0.537 e. The summed E-state index contributed by atoms with van der Waals surface area (Å²) in [5.74, 6) is 0.629. The molecule has 0 amide bonds. The number of hydrogen-bond acceptors (Lipinski definition) is 4. The normalized spacial score (nSPS) is 10.2. The van der Waals surface area contributed by atoms with Gasteiger partial charge in [-0.05, 0) is 113 Å². The molecule has 0 atom stereocenters. The standard InChI is InChI=1S/C13H9BrN2.C8H7BNO2.C5H3Br2N/c14-12-6-11(7-15-8-12)9-1-2-13-10(5-9)3-4-16-13;11-9-12-7-1-2-8-6(5-7)3-4-10-8;6-4-1-5(7)3-8-2-4/h1-8,16H;1-5,10-11H;1-3H. The predicted molar refractivity (Wildman–Crippen MR) is 156 cm³/mol. The van der Waals surface area contributed by atoms with Gasteiger partial charge in [0.05, 0.1) is 0 Å². The summed E-state index contributed by atoms with van der Waals surface area (Å²) in [6.45, 7) is 0. The second-order valence-corrected chi connectivity index (χ2v) is 10.2.